The molecule has 2 unspecified atom stereocenters. The van der Waals surface area contributed by atoms with Crippen molar-refractivity contribution in [1.29, 1.82) is 0 Å². The fourth-order valence-electron chi connectivity index (χ4n) is 3.86. The Labute approximate surface area is 164 Å². The van der Waals surface area contributed by atoms with Gasteiger partial charge in [-0.3, -0.25) is 14.5 Å². The van der Waals surface area contributed by atoms with E-state index in [-0.39, 0.29) is 34.7 Å². The number of carbonyl (C=O) groups excluding carboxylic acids is 3. The molecule has 1 fully saturated rings. The molecule has 1 aliphatic rings. The monoisotopic (exact) mass is 369 g/mol. The second-order valence-corrected chi connectivity index (χ2v) is 9.00. The molecule has 0 aliphatic carbocycles. The molecule has 5 heteroatoms. The van der Waals surface area contributed by atoms with Crippen molar-refractivity contribution in [3.05, 3.63) is 29.8 Å². The molecule has 1 aromatic carbocycles. The molecule has 1 saturated heterocycles. The molecule has 0 aromatic heterocycles. The molecule has 0 N–H and O–H groups in total. The summed E-state index contributed by atoms with van der Waals surface area (Å²) in [7, 11) is 1.62. The summed E-state index contributed by atoms with van der Waals surface area (Å²) in [4.78, 5) is 38.8. The van der Waals surface area contributed by atoms with Crippen LogP contribution in [0.25, 0.3) is 0 Å². The number of imide groups is 1. The molecule has 27 heavy (non-hydrogen) atoms. The molecule has 0 bridgehead atoms. The van der Waals surface area contributed by atoms with Crippen molar-refractivity contribution in [2.45, 2.75) is 66.2 Å². The summed E-state index contributed by atoms with van der Waals surface area (Å²) in [5, 5.41) is 0. The normalized spacial score (nSPS) is 19.5. The summed E-state index contributed by atoms with van der Waals surface area (Å²) in [6.45, 7) is 12.2. The van der Waals surface area contributed by atoms with Crippen LogP contribution in [0.5, 0.6) is 0 Å². The molecule has 1 aliphatic heterocycles. The standard InChI is InChI=1S/C22H32BNO3/c1-7-8-14(2)17-13-18(25)24(19(17)26)16-11-9-15(10-12-16)21(3,4)22(5,6)20(23)27/h9-12,14,17H,7-8,13,23H2,1-6H3. The summed E-state index contributed by atoms with van der Waals surface area (Å²) in [5.41, 5.74) is 0.885. The zero-order valence-corrected chi connectivity index (χ0v) is 17.8. The Morgan fingerprint density at radius 2 is 1.74 bits per heavy atom. The van der Waals surface area contributed by atoms with Gasteiger partial charge in [0.25, 0.3) is 0 Å². The van der Waals surface area contributed by atoms with E-state index in [0.717, 1.165) is 18.4 Å². The lowest BCUT2D eigenvalue weighted by atomic mass is 9.58. The van der Waals surface area contributed by atoms with Crippen LogP contribution in [0.1, 0.15) is 66.4 Å². The minimum atomic E-state index is -0.519. The third-order valence-electron chi connectivity index (χ3n) is 6.90. The van der Waals surface area contributed by atoms with E-state index in [4.69, 9.17) is 0 Å². The van der Waals surface area contributed by atoms with Crippen molar-refractivity contribution in [1.82, 2.24) is 0 Å². The van der Waals surface area contributed by atoms with Crippen LogP contribution in [0, 0.1) is 17.3 Å². The van der Waals surface area contributed by atoms with E-state index in [9.17, 15) is 14.4 Å². The Kier molecular flexibility index (Phi) is 6.03. The SMILES string of the molecule is BC(=O)C(C)(C)C(C)(C)c1ccc(N2C(=O)CC(C(C)CCC)C2=O)cc1. The van der Waals surface area contributed by atoms with E-state index in [1.807, 2.05) is 38.1 Å². The van der Waals surface area contributed by atoms with Gasteiger partial charge in [-0.05, 0) is 23.6 Å². The molecule has 2 atom stereocenters. The first-order valence-corrected chi connectivity index (χ1v) is 9.93. The van der Waals surface area contributed by atoms with Gasteiger partial charge in [-0.1, -0.05) is 66.5 Å². The number of amides is 2. The average molecular weight is 369 g/mol. The molecule has 0 spiro atoms. The topological polar surface area (TPSA) is 54.5 Å². The Morgan fingerprint density at radius 3 is 2.22 bits per heavy atom. The van der Waals surface area contributed by atoms with Gasteiger partial charge in [0.15, 0.2) is 7.85 Å². The van der Waals surface area contributed by atoms with Crippen LogP contribution in [0.4, 0.5) is 5.69 Å². The zero-order valence-electron chi connectivity index (χ0n) is 17.8. The van der Waals surface area contributed by atoms with Crippen LogP contribution < -0.4 is 4.90 Å². The summed E-state index contributed by atoms with van der Waals surface area (Å²) in [6, 6.07) is 7.53. The van der Waals surface area contributed by atoms with Crippen molar-refractivity contribution in [2.24, 2.45) is 17.3 Å². The average Bonchev–Trinajstić information content (AvgIpc) is 2.89. The third kappa shape index (κ3) is 3.74. The Balaban J connectivity index is 2.29. The van der Waals surface area contributed by atoms with Gasteiger partial charge in [-0.2, -0.15) is 0 Å². The number of rotatable bonds is 7. The molecular weight excluding hydrogens is 337 g/mol. The van der Waals surface area contributed by atoms with Gasteiger partial charge in [-0.25, -0.2) is 0 Å². The van der Waals surface area contributed by atoms with Gasteiger partial charge >= 0.3 is 0 Å². The van der Waals surface area contributed by atoms with Crippen molar-refractivity contribution in [2.75, 3.05) is 4.90 Å². The number of hydrogen-bond acceptors (Lipinski definition) is 3. The van der Waals surface area contributed by atoms with E-state index in [1.54, 1.807) is 7.85 Å². The number of carbonyl (C=O) groups is 3. The van der Waals surface area contributed by atoms with E-state index >= 15 is 0 Å². The Bertz CT molecular complexity index is 736. The zero-order chi connectivity index (χ0) is 20.6. The maximum absolute atomic E-state index is 12.8. The lowest BCUT2D eigenvalue weighted by Gasteiger charge is -2.40. The van der Waals surface area contributed by atoms with Gasteiger partial charge in [0, 0.05) is 17.3 Å². The summed E-state index contributed by atoms with van der Waals surface area (Å²) < 4.78 is 0. The summed E-state index contributed by atoms with van der Waals surface area (Å²) in [5.74, 6) is -0.211. The van der Waals surface area contributed by atoms with Gasteiger partial charge in [0.05, 0.1) is 17.3 Å². The maximum Gasteiger partial charge on any atom is 0.237 e. The van der Waals surface area contributed by atoms with Gasteiger partial charge in [0.2, 0.25) is 11.8 Å². The molecule has 146 valence electrons. The Morgan fingerprint density at radius 1 is 1.19 bits per heavy atom. The van der Waals surface area contributed by atoms with Crippen molar-refractivity contribution in [3.8, 4) is 0 Å². The summed E-state index contributed by atoms with van der Waals surface area (Å²) in [6.07, 6.45) is 2.25. The Hall–Kier alpha value is -1.91. The second-order valence-electron chi connectivity index (χ2n) is 9.00. The van der Waals surface area contributed by atoms with Crippen LogP contribution in [0.2, 0.25) is 0 Å². The minimum Gasteiger partial charge on any atom is -0.311 e. The van der Waals surface area contributed by atoms with Crippen molar-refractivity contribution in [3.63, 3.8) is 0 Å². The molecule has 0 saturated carbocycles. The predicted molar refractivity (Wildman–Crippen MR) is 111 cm³/mol. The molecule has 0 radical (unpaired) electrons. The van der Waals surface area contributed by atoms with E-state index in [0.29, 0.717) is 12.1 Å². The molecule has 2 amide bonds. The quantitative estimate of drug-likeness (QED) is 0.546. The lowest BCUT2D eigenvalue weighted by Crippen LogP contribution is -2.43. The van der Waals surface area contributed by atoms with Crippen LogP contribution in [0.3, 0.4) is 0 Å². The highest BCUT2D eigenvalue weighted by molar-refractivity contribution is 6.59. The first-order chi connectivity index (χ1) is 12.4. The highest BCUT2D eigenvalue weighted by Gasteiger charge is 2.43. The minimum absolute atomic E-state index is 0.0861. The second kappa shape index (κ2) is 7.61. The molecule has 4 nitrogen and oxygen atoms in total. The molecule has 1 heterocycles. The number of anilines is 1. The molecular formula is C22H32BNO3. The number of hydrogen-bond donors (Lipinski definition) is 0. The maximum atomic E-state index is 12.8. The third-order valence-corrected chi connectivity index (χ3v) is 6.90. The van der Waals surface area contributed by atoms with Gasteiger partial charge in [0.1, 0.15) is 0 Å². The van der Waals surface area contributed by atoms with Gasteiger partial charge < -0.3 is 4.79 Å². The number of nitrogens with zero attached hydrogens (tertiary/aromatic N) is 1. The van der Waals surface area contributed by atoms with Crippen LogP contribution in [0.15, 0.2) is 24.3 Å². The van der Waals surface area contributed by atoms with Crippen molar-refractivity contribution < 1.29 is 14.4 Å². The fraction of sp³-hybridized carbons (Fsp3) is 0.591. The first kappa shape index (κ1) is 21.4. The van der Waals surface area contributed by atoms with Crippen LogP contribution in [-0.4, -0.2) is 25.3 Å². The lowest BCUT2D eigenvalue weighted by molar-refractivity contribution is -0.123. The molecule has 2 rings (SSSR count). The smallest absolute Gasteiger partial charge is 0.237 e. The van der Waals surface area contributed by atoms with E-state index < -0.39 is 5.41 Å². The largest absolute Gasteiger partial charge is 0.311 e. The number of benzene rings is 1. The molecule has 1 aromatic rings. The fourth-order valence-corrected chi connectivity index (χ4v) is 3.86. The summed E-state index contributed by atoms with van der Waals surface area (Å²) >= 11 is 0. The van der Waals surface area contributed by atoms with E-state index in [1.165, 1.54) is 4.90 Å². The van der Waals surface area contributed by atoms with Gasteiger partial charge in [-0.15, -0.1) is 0 Å². The first-order valence-electron chi connectivity index (χ1n) is 9.93. The van der Waals surface area contributed by atoms with Crippen molar-refractivity contribution >= 4 is 31.0 Å². The van der Waals surface area contributed by atoms with Crippen LogP contribution >= 0.6 is 0 Å². The highest BCUT2D eigenvalue weighted by atomic mass is 16.2. The predicted octanol–water partition coefficient (Wildman–Crippen LogP) is 3.47. The van der Waals surface area contributed by atoms with Crippen LogP contribution in [-0.2, 0) is 19.8 Å². The van der Waals surface area contributed by atoms with E-state index in [2.05, 4.69) is 27.7 Å². The highest BCUT2D eigenvalue weighted by Crippen LogP contribution is 2.42.